The van der Waals surface area contributed by atoms with Crippen LogP contribution in [0.25, 0.3) is 0 Å². The second-order valence-corrected chi connectivity index (χ2v) is 6.55. The predicted octanol–water partition coefficient (Wildman–Crippen LogP) is 3.28. The number of hydrogen-bond donors (Lipinski definition) is 2. The van der Waals surface area contributed by atoms with Gasteiger partial charge >= 0.3 is 0 Å². The highest BCUT2D eigenvalue weighted by molar-refractivity contribution is 6.04. The molecule has 1 aromatic carbocycles. The number of carbonyl (C=O) groups excluding carboxylic acids is 2. The van der Waals surface area contributed by atoms with Crippen LogP contribution < -0.4 is 15.8 Å². The minimum atomic E-state index is -0.565. The van der Waals surface area contributed by atoms with E-state index in [2.05, 4.69) is 15.3 Å². The minimum absolute atomic E-state index is 0.228. The molecular formula is C22H22N4O3. The van der Waals surface area contributed by atoms with Crippen LogP contribution in [0.1, 0.15) is 44.5 Å². The number of nitrogens with zero attached hydrogens (tertiary/aromatic N) is 2. The molecule has 29 heavy (non-hydrogen) atoms. The summed E-state index contributed by atoms with van der Waals surface area (Å²) >= 11 is 0. The first-order valence-corrected chi connectivity index (χ1v) is 9.19. The molecule has 0 aliphatic heterocycles. The molecule has 0 saturated heterocycles. The lowest BCUT2D eigenvalue weighted by atomic mass is 10.1. The van der Waals surface area contributed by atoms with Crippen molar-refractivity contribution in [1.29, 1.82) is 0 Å². The molecule has 0 aliphatic carbocycles. The van der Waals surface area contributed by atoms with Crippen molar-refractivity contribution in [2.45, 2.75) is 26.9 Å². The molecular weight excluding hydrogens is 368 g/mol. The number of amides is 2. The third-order valence-corrected chi connectivity index (χ3v) is 4.45. The number of hydrogen-bond acceptors (Lipinski definition) is 5. The van der Waals surface area contributed by atoms with Gasteiger partial charge in [-0.05, 0) is 54.8 Å². The molecule has 7 nitrogen and oxygen atoms in total. The lowest BCUT2D eigenvalue weighted by Crippen LogP contribution is -2.13. The first kappa shape index (κ1) is 20.0. The molecule has 2 amide bonds. The smallest absolute Gasteiger partial charge is 0.257 e. The molecule has 0 saturated carbocycles. The molecule has 2 heterocycles. The van der Waals surface area contributed by atoms with Gasteiger partial charge in [0, 0.05) is 23.8 Å². The maximum Gasteiger partial charge on any atom is 0.257 e. The van der Waals surface area contributed by atoms with Crippen LogP contribution in [0.5, 0.6) is 5.75 Å². The summed E-state index contributed by atoms with van der Waals surface area (Å²) in [5.41, 5.74) is 9.54. The van der Waals surface area contributed by atoms with Crippen molar-refractivity contribution in [1.82, 2.24) is 9.97 Å². The summed E-state index contributed by atoms with van der Waals surface area (Å²) in [6, 6.07) is 10.7. The summed E-state index contributed by atoms with van der Waals surface area (Å²) in [7, 11) is 0. The number of anilines is 1. The van der Waals surface area contributed by atoms with E-state index >= 15 is 0 Å². The van der Waals surface area contributed by atoms with Gasteiger partial charge in [0.15, 0.2) is 0 Å². The average Bonchev–Trinajstić information content (AvgIpc) is 2.74. The number of ether oxygens (including phenoxy) is 1. The number of benzene rings is 1. The zero-order valence-corrected chi connectivity index (χ0v) is 16.3. The first-order chi connectivity index (χ1) is 14.0. The van der Waals surface area contributed by atoms with Gasteiger partial charge in [-0.25, -0.2) is 0 Å². The Morgan fingerprint density at radius 2 is 1.90 bits per heavy atom. The number of nitrogens with one attached hydrogen (secondary N) is 1. The molecule has 0 unspecified atom stereocenters. The molecule has 0 aliphatic rings. The summed E-state index contributed by atoms with van der Waals surface area (Å²) < 4.78 is 5.74. The normalized spacial score (nSPS) is 10.4. The molecule has 3 aromatic rings. The van der Waals surface area contributed by atoms with Gasteiger partial charge in [-0.1, -0.05) is 13.0 Å². The van der Waals surface area contributed by atoms with Crippen molar-refractivity contribution in [3.8, 4) is 5.75 Å². The first-order valence-electron chi connectivity index (χ1n) is 9.19. The van der Waals surface area contributed by atoms with Crippen molar-refractivity contribution in [3.63, 3.8) is 0 Å². The number of rotatable bonds is 7. The maximum atomic E-state index is 12.5. The van der Waals surface area contributed by atoms with Gasteiger partial charge in [-0.3, -0.25) is 19.6 Å². The molecule has 3 N–H and O–H groups in total. The highest BCUT2D eigenvalue weighted by Crippen LogP contribution is 2.19. The SMILES string of the molecule is CCc1ccc(C(=O)Nc2ccc(C)c(COc3cncc(C(N)=O)c3)c2)cn1. The largest absolute Gasteiger partial charge is 0.487 e. The van der Waals surface area contributed by atoms with Crippen LogP contribution in [0.4, 0.5) is 5.69 Å². The van der Waals surface area contributed by atoms with E-state index in [1.54, 1.807) is 18.3 Å². The Hall–Kier alpha value is -3.74. The Bertz CT molecular complexity index is 1030. The Kier molecular flexibility index (Phi) is 6.19. The number of carbonyl (C=O) groups is 2. The van der Waals surface area contributed by atoms with E-state index in [0.717, 1.165) is 23.2 Å². The summed E-state index contributed by atoms with van der Waals surface area (Å²) in [5, 5.41) is 2.88. The van der Waals surface area contributed by atoms with Gasteiger partial charge in [-0.2, -0.15) is 0 Å². The summed E-state index contributed by atoms with van der Waals surface area (Å²) in [4.78, 5) is 31.9. The van der Waals surface area contributed by atoms with Crippen molar-refractivity contribution < 1.29 is 14.3 Å². The van der Waals surface area contributed by atoms with E-state index in [9.17, 15) is 9.59 Å². The number of primary amides is 1. The fraction of sp³-hybridized carbons (Fsp3) is 0.182. The van der Waals surface area contributed by atoms with Crippen LogP contribution in [-0.2, 0) is 13.0 Å². The van der Waals surface area contributed by atoms with Gasteiger partial charge in [0.25, 0.3) is 5.91 Å². The molecule has 0 bridgehead atoms. The van der Waals surface area contributed by atoms with E-state index in [0.29, 0.717) is 17.0 Å². The Balaban J connectivity index is 1.69. The molecule has 0 radical (unpaired) electrons. The number of aromatic nitrogens is 2. The van der Waals surface area contributed by atoms with Crippen molar-refractivity contribution in [2.24, 2.45) is 5.73 Å². The van der Waals surface area contributed by atoms with Crippen LogP contribution in [-0.4, -0.2) is 21.8 Å². The zero-order valence-electron chi connectivity index (χ0n) is 16.3. The minimum Gasteiger partial charge on any atom is -0.487 e. The highest BCUT2D eigenvalue weighted by atomic mass is 16.5. The maximum absolute atomic E-state index is 12.5. The lowest BCUT2D eigenvalue weighted by Gasteiger charge is -2.12. The van der Waals surface area contributed by atoms with E-state index in [1.807, 2.05) is 38.1 Å². The molecule has 0 spiro atoms. The fourth-order valence-corrected chi connectivity index (χ4v) is 2.67. The van der Waals surface area contributed by atoms with E-state index in [1.165, 1.54) is 12.4 Å². The topological polar surface area (TPSA) is 107 Å². The van der Waals surface area contributed by atoms with Gasteiger partial charge in [0.05, 0.1) is 17.3 Å². The Morgan fingerprint density at radius 1 is 1.07 bits per heavy atom. The number of pyridine rings is 2. The molecule has 2 aromatic heterocycles. The van der Waals surface area contributed by atoms with Crippen molar-refractivity contribution in [2.75, 3.05) is 5.32 Å². The van der Waals surface area contributed by atoms with Gasteiger partial charge < -0.3 is 15.8 Å². The number of nitrogens with two attached hydrogens (primary N) is 1. The number of aryl methyl sites for hydroxylation is 2. The van der Waals surface area contributed by atoms with E-state index in [-0.39, 0.29) is 18.1 Å². The predicted molar refractivity (Wildman–Crippen MR) is 110 cm³/mol. The van der Waals surface area contributed by atoms with Crippen LogP contribution >= 0.6 is 0 Å². The molecule has 7 heteroatoms. The van der Waals surface area contributed by atoms with Crippen LogP contribution in [0.3, 0.4) is 0 Å². The monoisotopic (exact) mass is 390 g/mol. The van der Waals surface area contributed by atoms with Crippen molar-refractivity contribution in [3.05, 3.63) is 82.9 Å². The van der Waals surface area contributed by atoms with Gasteiger partial charge in [0.1, 0.15) is 12.4 Å². The fourth-order valence-electron chi connectivity index (χ4n) is 2.67. The van der Waals surface area contributed by atoms with E-state index < -0.39 is 5.91 Å². The molecule has 148 valence electrons. The molecule has 3 rings (SSSR count). The standard InChI is InChI=1S/C22H22N4O3/c1-3-18-7-5-15(11-25-18)22(28)26-19-6-4-14(2)17(8-19)13-29-20-9-16(21(23)27)10-24-12-20/h4-12H,3,13H2,1-2H3,(H2,23,27)(H,26,28). The third kappa shape index (κ3) is 5.16. The Morgan fingerprint density at radius 3 is 2.59 bits per heavy atom. The molecule has 0 fully saturated rings. The van der Waals surface area contributed by atoms with Crippen molar-refractivity contribution >= 4 is 17.5 Å². The second kappa shape index (κ2) is 8.97. The summed E-state index contributed by atoms with van der Waals surface area (Å²) in [6.07, 6.45) is 5.30. The summed E-state index contributed by atoms with van der Waals surface area (Å²) in [5.74, 6) is -0.350. The van der Waals surface area contributed by atoms with Gasteiger partial charge in [0.2, 0.25) is 5.91 Å². The Labute approximate surface area is 169 Å². The zero-order chi connectivity index (χ0) is 20.8. The second-order valence-electron chi connectivity index (χ2n) is 6.55. The third-order valence-electron chi connectivity index (χ3n) is 4.45. The molecule has 0 atom stereocenters. The van der Waals surface area contributed by atoms with E-state index in [4.69, 9.17) is 10.5 Å². The van der Waals surface area contributed by atoms with Crippen LogP contribution in [0, 0.1) is 6.92 Å². The van der Waals surface area contributed by atoms with Crippen LogP contribution in [0.2, 0.25) is 0 Å². The average molecular weight is 390 g/mol. The lowest BCUT2D eigenvalue weighted by molar-refractivity contribution is 0.0996. The quantitative estimate of drug-likeness (QED) is 0.644. The summed E-state index contributed by atoms with van der Waals surface area (Å²) in [6.45, 7) is 4.22. The van der Waals surface area contributed by atoms with Gasteiger partial charge in [-0.15, -0.1) is 0 Å². The van der Waals surface area contributed by atoms with Crippen LogP contribution in [0.15, 0.2) is 55.0 Å². The highest BCUT2D eigenvalue weighted by Gasteiger charge is 2.09.